The number of hydrogen-bond acceptors (Lipinski definition) is 1. The minimum atomic E-state index is 0.638. The molecule has 0 aromatic heterocycles. The lowest BCUT2D eigenvalue weighted by molar-refractivity contribution is 0.646. The second-order valence-electron chi connectivity index (χ2n) is 4.85. The molecule has 0 bridgehead atoms. The molecule has 0 spiro atoms. The Morgan fingerprint density at radius 2 is 1.56 bits per heavy atom. The van der Waals surface area contributed by atoms with Gasteiger partial charge in [-0.1, -0.05) is 51.0 Å². The average molecular weight is 219 g/mol. The molecule has 0 amide bonds. The lowest BCUT2D eigenvalue weighted by Gasteiger charge is -2.06. The Morgan fingerprint density at radius 3 is 2.12 bits per heavy atom. The maximum atomic E-state index is 5.47. The first-order chi connectivity index (χ1) is 7.74. The Balaban J connectivity index is 2.27. The Labute approximate surface area is 100 Å². The predicted molar refractivity (Wildman–Crippen MR) is 71.8 cm³/mol. The fourth-order valence-electron chi connectivity index (χ4n) is 1.90. The minimum Gasteiger partial charge on any atom is -0.330 e. The molecular formula is C15H25N. The Kier molecular flexibility index (Phi) is 6.17. The summed E-state index contributed by atoms with van der Waals surface area (Å²) in [6.45, 7) is 5.31. The highest BCUT2D eigenvalue weighted by Crippen LogP contribution is 2.16. The van der Waals surface area contributed by atoms with Crippen molar-refractivity contribution in [1.29, 1.82) is 0 Å². The first kappa shape index (κ1) is 13.2. The van der Waals surface area contributed by atoms with Crippen LogP contribution in [0, 0.1) is 0 Å². The van der Waals surface area contributed by atoms with Crippen LogP contribution in [0.1, 0.15) is 56.6 Å². The largest absolute Gasteiger partial charge is 0.330 e. The van der Waals surface area contributed by atoms with Crippen molar-refractivity contribution in [3.05, 3.63) is 35.4 Å². The zero-order valence-electron chi connectivity index (χ0n) is 10.7. The van der Waals surface area contributed by atoms with Gasteiger partial charge >= 0.3 is 0 Å². The molecule has 0 saturated carbocycles. The van der Waals surface area contributed by atoms with E-state index in [9.17, 15) is 0 Å². The standard InChI is InChI=1S/C15H25N/c1-13(2)15-10-8-14(9-11-15)7-5-3-4-6-12-16/h8-11,13H,3-7,12,16H2,1-2H3. The van der Waals surface area contributed by atoms with Crippen LogP contribution in [-0.4, -0.2) is 6.54 Å². The highest BCUT2D eigenvalue weighted by molar-refractivity contribution is 5.24. The lowest BCUT2D eigenvalue weighted by Crippen LogP contribution is -1.97. The van der Waals surface area contributed by atoms with Gasteiger partial charge in [-0.15, -0.1) is 0 Å². The number of aryl methyl sites for hydroxylation is 1. The second-order valence-corrected chi connectivity index (χ2v) is 4.85. The monoisotopic (exact) mass is 219 g/mol. The van der Waals surface area contributed by atoms with E-state index in [4.69, 9.17) is 5.73 Å². The Hall–Kier alpha value is -0.820. The normalized spacial score (nSPS) is 11.0. The summed E-state index contributed by atoms with van der Waals surface area (Å²) in [6.07, 6.45) is 6.26. The van der Waals surface area contributed by atoms with E-state index in [-0.39, 0.29) is 0 Å². The molecule has 16 heavy (non-hydrogen) atoms. The highest BCUT2D eigenvalue weighted by atomic mass is 14.5. The summed E-state index contributed by atoms with van der Waals surface area (Å²) in [5, 5.41) is 0. The first-order valence-corrected chi connectivity index (χ1v) is 6.53. The van der Waals surface area contributed by atoms with Crippen molar-refractivity contribution in [3.8, 4) is 0 Å². The Bertz CT molecular complexity index is 274. The molecular weight excluding hydrogens is 194 g/mol. The zero-order valence-corrected chi connectivity index (χ0v) is 10.7. The van der Waals surface area contributed by atoms with Gasteiger partial charge in [0.1, 0.15) is 0 Å². The summed E-state index contributed by atoms with van der Waals surface area (Å²) in [4.78, 5) is 0. The van der Waals surface area contributed by atoms with Gasteiger partial charge in [0, 0.05) is 0 Å². The third kappa shape index (κ3) is 4.80. The topological polar surface area (TPSA) is 26.0 Å². The fourth-order valence-corrected chi connectivity index (χ4v) is 1.90. The molecule has 0 fully saturated rings. The molecule has 1 aromatic rings. The minimum absolute atomic E-state index is 0.638. The van der Waals surface area contributed by atoms with Gasteiger partial charge in [-0.05, 0) is 42.9 Å². The van der Waals surface area contributed by atoms with Crippen molar-refractivity contribution in [1.82, 2.24) is 0 Å². The molecule has 0 saturated heterocycles. The van der Waals surface area contributed by atoms with Crippen LogP contribution >= 0.6 is 0 Å². The summed E-state index contributed by atoms with van der Waals surface area (Å²) in [6, 6.07) is 9.08. The fraction of sp³-hybridized carbons (Fsp3) is 0.600. The van der Waals surface area contributed by atoms with Crippen LogP contribution in [0.25, 0.3) is 0 Å². The summed E-state index contributed by atoms with van der Waals surface area (Å²) in [7, 11) is 0. The highest BCUT2D eigenvalue weighted by Gasteiger charge is 1.98. The number of rotatable bonds is 7. The van der Waals surface area contributed by atoms with Crippen LogP contribution in [0.15, 0.2) is 24.3 Å². The SMILES string of the molecule is CC(C)c1ccc(CCCCCCN)cc1. The second kappa shape index (κ2) is 7.45. The lowest BCUT2D eigenvalue weighted by atomic mass is 9.99. The third-order valence-corrected chi connectivity index (χ3v) is 3.07. The van der Waals surface area contributed by atoms with Gasteiger partial charge in [-0.2, -0.15) is 0 Å². The molecule has 90 valence electrons. The van der Waals surface area contributed by atoms with E-state index < -0.39 is 0 Å². The van der Waals surface area contributed by atoms with E-state index in [1.165, 1.54) is 43.2 Å². The third-order valence-electron chi connectivity index (χ3n) is 3.07. The van der Waals surface area contributed by atoms with Crippen molar-refractivity contribution in [2.75, 3.05) is 6.54 Å². The molecule has 1 rings (SSSR count). The quantitative estimate of drug-likeness (QED) is 0.692. The van der Waals surface area contributed by atoms with E-state index in [1.807, 2.05) is 0 Å². The molecule has 0 unspecified atom stereocenters. The molecule has 1 heteroatoms. The van der Waals surface area contributed by atoms with E-state index in [0.717, 1.165) is 6.54 Å². The molecule has 1 aromatic carbocycles. The van der Waals surface area contributed by atoms with E-state index in [1.54, 1.807) is 0 Å². The molecule has 0 aliphatic heterocycles. The van der Waals surface area contributed by atoms with Crippen molar-refractivity contribution in [2.45, 2.75) is 51.9 Å². The molecule has 0 heterocycles. The summed E-state index contributed by atoms with van der Waals surface area (Å²) in [5.41, 5.74) is 8.37. The van der Waals surface area contributed by atoms with Gasteiger partial charge in [0.25, 0.3) is 0 Å². The summed E-state index contributed by atoms with van der Waals surface area (Å²) in [5.74, 6) is 0.638. The smallest absolute Gasteiger partial charge is 0.00773 e. The van der Waals surface area contributed by atoms with Crippen molar-refractivity contribution < 1.29 is 0 Å². The number of nitrogens with two attached hydrogens (primary N) is 1. The number of hydrogen-bond donors (Lipinski definition) is 1. The maximum Gasteiger partial charge on any atom is -0.00773 e. The molecule has 1 nitrogen and oxygen atoms in total. The van der Waals surface area contributed by atoms with Crippen LogP contribution in [0.5, 0.6) is 0 Å². The van der Waals surface area contributed by atoms with Crippen LogP contribution in [-0.2, 0) is 6.42 Å². The molecule has 0 radical (unpaired) electrons. The van der Waals surface area contributed by atoms with E-state index in [2.05, 4.69) is 38.1 Å². The molecule has 0 aliphatic carbocycles. The van der Waals surface area contributed by atoms with E-state index >= 15 is 0 Å². The van der Waals surface area contributed by atoms with Crippen molar-refractivity contribution >= 4 is 0 Å². The van der Waals surface area contributed by atoms with E-state index in [0.29, 0.717) is 5.92 Å². The molecule has 0 aliphatic rings. The zero-order chi connectivity index (χ0) is 11.8. The van der Waals surface area contributed by atoms with Gasteiger partial charge < -0.3 is 5.73 Å². The number of benzene rings is 1. The van der Waals surface area contributed by atoms with Crippen LogP contribution in [0.4, 0.5) is 0 Å². The van der Waals surface area contributed by atoms with Gasteiger partial charge in [0.05, 0.1) is 0 Å². The van der Waals surface area contributed by atoms with Gasteiger partial charge in [-0.3, -0.25) is 0 Å². The van der Waals surface area contributed by atoms with Crippen molar-refractivity contribution in [3.63, 3.8) is 0 Å². The Morgan fingerprint density at radius 1 is 0.938 bits per heavy atom. The van der Waals surface area contributed by atoms with Gasteiger partial charge in [0.15, 0.2) is 0 Å². The molecule has 2 N–H and O–H groups in total. The van der Waals surface area contributed by atoms with Gasteiger partial charge in [-0.25, -0.2) is 0 Å². The average Bonchev–Trinajstić information content (AvgIpc) is 2.29. The first-order valence-electron chi connectivity index (χ1n) is 6.53. The summed E-state index contributed by atoms with van der Waals surface area (Å²) < 4.78 is 0. The van der Waals surface area contributed by atoms with Crippen LogP contribution in [0.2, 0.25) is 0 Å². The summed E-state index contributed by atoms with van der Waals surface area (Å²) >= 11 is 0. The van der Waals surface area contributed by atoms with Gasteiger partial charge in [0.2, 0.25) is 0 Å². The van der Waals surface area contributed by atoms with Crippen LogP contribution in [0.3, 0.4) is 0 Å². The van der Waals surface area contributed by atoms with Crippen LogP contribution < -0.4 is 5.73 Å². The maximum absolute atomic E-state index is 5.47. The van der Waals surface area contributed by atoms with Crippen molar-refractivity contribution in [2.24, 2.45) is 5.73 Å². The predicted octanol–water partition coefficient (Wildman–Crippen LogP) is 3.87. The number of unbranched alkanes of at least 4 members (excludes halogenated alkanes) is 3. The molecule has 0 atom stereocenters.